The van der Waals surface area contributed by atoms with Gasteiger partial charge in [-0.2, -0.15) is 5.26 Å². The third-order valence-corrected chi connectivity index (χ3v) is 5.22. The van der Waals surface area contributed by atoms with Crippen molar-refractivity contribution in [2.24, 2.45) is 0 Å². The first-order valence-corrected chi connectivity index (χ1v) is 10.4. The summed E-state index contributed by atoms with van der Waals surface area (Å²) in [7, 11) is 1.50. The van der Waals surface area contributed by atoms with Crippen molar-refractivity contribution in [1.82, 2.24) is 0 Å². The Morgan fingerprint density at radius 2 is 1.74 bits per heavy atom. The van der Waals surface area contributed by atoms with Gasteiger partial charge in [-0.05, 0) is 78.6 Å². The number of aryl methyl sites for hydroxylation is 2. The number of nitriles is 1. The summed E-state index contributed by atoms with van der Waals surface area (Å²) in [5, 5.41) is 21.2. The van der Waals surface area contributed by atoms with Gasteiger partial charge in [-0.1, -0.05) is 24.3 Å². The topological polar surface area (TPSA) is 109 Å². The Hall–Kier alpha value is -4.57. The molecule has 0 saturated heterocycles. The fraction of sp³-hybridized carbons (Fsp3) is 0.148. The van der Waals surface area contributed by atoms with Gasteiger partial charge >= 0.3 is 5.97 Å². The molecule has 172 valence electrons. The molecule has 34 heavy (non-hydrogen) atoms. The van der Waals surface area contributed by atoms with Crippen LogP contribution in [0.3, 0.4) is 0 Å². The highest BCUT2D eigenvalue weighted by Crippen LogP contribution is 2.30. The lowest BCUT2D eigenvalue weighted by atomic mass is 10.1. The number of hydrogen-bond acceptors (Lipinski definition) is 5. The molecule has 0 aliphatic carbocycles. The van der Waals surface area contributed by atoms with Crippen molar-refractivity contribution in [2.45, 2.75) is 20.5 Å². The molecular weight excluding hydrogens is 432 g/mol. The van der Waals surface area contributed by atoms with E-state index in [-0.39, 0.29) is 17.7 Å². The van der Waals surface area contributed by atoms with E-state index in [4.69, 9.17) is 14.6 Å². The number of carboxylic acid groups (broad SMARTS) is 1. The van der Waals surface area contributed by atoms with E-state index in [9.17, 15) is 14.9 Å². The molecule has 0 saturated carbocycles. The first kappa shape index (κ1) is 24.1. The Balaban J connectivity index is 1.73. The number of amides is 1. The second-order valence-corrected chi connectivity index (χ2v) is 7.62. The standard InChI is InChI=1S/C27H24N2O5/c1-17-4-10-23(12-18(17)2)29-26(30)22(15-28)13-20-7-11-24(25(14-20)33-3)34-16-19-5-8-21(9-6-19)27(31)32/h4-14H,16H2,1-3H3,(H,29,30)(H,31,32)/b22-13+. The van der Waals surface area contributed by atoms with Crippen LogP contribution >= 0.6 is 0 Å². The average Bonchev–Trinajstić information content (AvgIpc) is 2.83. The van der Waals surface area contributed by atoms with E-state index in [1.54, 1.807) is 36.4 Å². The summed E-state index contributed by atoms with van der Waals surface area (Å²) >= 11 is 0. The minimum absolute atomic E-state index is 0.0486. The zero-order valence-electron chi connectivity index (χ0n) is 19.1. The molecule has 1 amide bonds. The molecule has 0 atom stereocenters. The number of nitrogens with zero attached hydrogens (tertiary/aromatic N) is 1. The molecule has 3 aromatic carbocycles. The maximum absolute atomic E-state index is 12.6. The molecule has 0 fully saturated rings. The SMILES string of the molecule is COc1cc(/C=C(\C#N)C(=O)Nc2ccc(C)c(C)c2)ccc1OCc1ccc(C(=O)O)cc1. The lowest BCUT2D eigenvalue weighted by Gasteiger charge is -2.12. The third kappa shape index (κ3) is 6.02. The number of rotatable bonds is 8. The Morgan fingerprint density at radius 1 is 1.00 bits per heavy atom. The van der Waals surface area contributed by atoms with Gasteiger partial charge in [0.05, 0.1) is 12.7 Å². The number of aromatic carboxylic acids is 1. The van der Waals surface area contributed by atoms with Crippen LogP contribution in [0.4, 0.5) is 5.69 Å². The first-order chi connectivity index (χ1) is 16.3. The van der Waals surface area contributed by atoms with Crippen molar-refractivity contribution < 1.29 is 24.2 Å². The molecule has 0 spiro atoms. The van der Waals surface area contributed by atoms with E-state index in [0.717, 1.165) is 16.7 Å². The van der Waals surface area contributed by atoms with Gasteiger partial charge < -0.3 is 19.9 Å². The highest BCUT2D eigenvalue weighted by molar-refractivity contribution is 6.09. The number of carbonyl (C=O) groups is 2. The van der Waals surface area contributed by atoms with Crippen molar-refractivity contribution in [3.05, 3.63) is 94.1 Å². The molecule has 0 bridgehead atoms. The van der Waals surface area contributed by atoms with Crippen LogP contribution in [-0.4, -0.2) is 24.1 Å². The maximum Gasteiger partial charge on any atom is 0.335 e. The van der Waals surface area contributed by atoms with Crippen LogP contribution in [0.5, 0.6) is 11.5 Å². The van der Waals surface area contributed by atoms with Crippen LogP contribution in [0, 0.1) is 25.2 Å². The average molecular weight is 456 g/mol. The maximum atomic E-state index is 12.6. The fourth-order valence-electron chi connectivity index (χ4n) is 3.13. The van der Waals surface area contributed by atoms with E-state index in [2.05, 4.69) is 5.32 Å². The molecule has 3 rings (SSSR count). The Morgan fingerprint density at radius 3 is 2.35 bits per heavy atom. The van der Waals surface area contributed by atoms with Gasteiger partial charge in [0.25, 0.3) is 5.91 Å². The van der Waals surface area contributed by atoms with Gasteiger partial charge in [-0.25, -0.2) is 4.79 Å². The summed E-state index contributed by atoms with van der Waals surface area (Å²) in [6, 6.07) is 19.0. The van der Waals surface area contributed by atoms with Crippen LogP contribution in [0.1, 0.15) is 32.6 Å². The Bertz CT molecular complexity index is 1290. The summed E-state index contributed by atoms with van der Waals surface area (Å²) < 4.78 is 11.2. The smallest absolute Gasteiger partial charge is 0.335 e. The molecule has 0 unspecified atom stereocenters. The van der Waals surface area contributed by atoms with Gasteiger partial charge in [0, 0.05) is 5.69 Å². The summed E-state index contributed by atoms with van der Waals surface area (Å²) in [5.74, 6) is -0.588. The number of carbonyl (C=O) groups excluding carboxylic acids is 1. The molecule has 0 radical (unpaired) electrons. The van der Waals surface area contributed by atoms with Gasteiger partial charge in [-0.15, -0.1) is 0 Å². The number of methoxy groups -OCH3 is 1. The molecule has 7 heteroatoms. The molecule has 7 nitrogen and oxygen atoms in total. The molecular formula is C27H24N2O5. The predicted octanol–water partition coefficient (Wildman–Crippen LogP) is 5.13. The van der Waals surface area contributed by atoms with Crippen molar-refractivity contribution in [1.29, 1.82) is 5.26 Å². The summed E-state index contributed by atoms with van der Waals surface area (Å²) in [6.45, 7) is 4.15. The Labute approximate surface area is 197 Å². The van der Waals surface area contributed by atoms with Crippen molar-refractivity contribution in [3.63, 3.8) is 0 Å². The zero-order valence-corrected chi connectivity index (χ0v) is 19.1. The van der Waals surface area contributed by atoms with Crippen molar-refractivity contribution in [2.75, 3.05) is 12.4 Å². The van der Waals surface area contributed by atoms with Crippen molar-refractivity contribution in [3.8, 4) is 17.6 Å². The van der Waals surface area contributed by atoms with Gasteiger partial charge in [0.1, 0.15) is 18.2 Å². The first-order valence-electron chi connectivity index (χ1n) is 10.4. The molecule has 0 heterocycles. The number of anilines is 1. The highest BCUT2D eigenvalue weighted by Gasteiger charge is 2.12. The minimum Gasteiger partial charge on any atom is -0.493 e. The predicted molar refractivity (Wildman–Crippen MR) is 129 cm³/mol. The molecule has 0 aliphatic rings. The van der Waals surface area contributed by atoms with Crippen LogP contribution in [-0.2, 0) is 11.4 Å². The fourth-order valence-corrected chi connectivity index (χ4v) is 3.13. The molecule has 0 aliphatic heterocycles. The van der Waals surface area contributed by atoms with Crippen LogP contribution in [0.25, 0.3) is 6.08 Å². The number of nitrogens with one attached hydrogen (secondary N) is 1. The second-order valence-electron chi connectivity index (χ2n) is 7.62. The minimum atomic E-state index is -0.989. The quantitative estimate of drug-likeness (QED) is 0.359. The summed E-state index contributed by atoms with van der Waals surface area (Å²) in [4.78, 5) is 23.6. The molecule has 3 aromatic rings. The number of hydrogen-bond donors (Lipinski definition) is 2. The van der Waals surface area contributed by atoms with E-state index in [0.29, 0.717) is 22.7 Å². The van der Waals surface area contributed by atoms with E-state index < -0.39 is 11.9 Å². The second kappa shape index (κ2) is 10.8. The summed E-state index contributed by atoms with van der Waals surface area (Å²) in [5.41, 5.74) is 4.32. The Kier molecular flexibility index (Phi) is 7.67. The zero-order chi connectivity index (χ0) is 24.7. The number of carboxylic acids is 1. The van der Waals surface area contributed by atoms with Gasteiger partial charge in [0.15, 0.2) is 11.5 Å². The molecule has 0 aromatic heterocycles. The lowest BCUT2D eigenvalue weighted by Crippen LogP contribution is -2.13. The van der Waals surface area contributed by atoms with Gasteiger partial charge in [0.2, 0.25) is 0 Å². The normalized spacial score (nSPS) is 10.8. The van der Waals surface area contributed by atoms with E-state index in [1.807, 2.05) is 32.0 Å². The lowest BCUT2D eigenvalue weighted by molar-refractivity contribution is -0.112. The van der Waals surface area contributed by atoms with Crippen LogP contribution < -0.4 is 14.8 Å². The highest BCUT2D eigenvalue weighted by atomic mass is 16.5. The van der Waals surface area contributed by atoms with Crippen LogP contribution in [0.2, 0.25) is 0 Å². The van der Waals surface area contributed by atoms with Crippen molar-refractivity contribution >= 4 is 23.6 Å². The van der Waals surface area contributed by atoms with Gasteiger partial charge in [-0.3, -0.25) is 4.79 Å². The molecule has 2 N–H and O–H groups in total. The van der Waals surface area contributed by atoms with E-state index in [1.165, 1.54) is 25.3 Å². The largest absolute Gasteiger partial charge is 0.493 e. The number of ether oxygens (including phenoxy) is 2. The summed E-state index contributed by atoms with van der Waals surface area (Å²) in [6.07, 6.45) is 1.48. The van der Waals surface area contributed by atoms with Crippen LogP contribution in [0.15, 0.2) is 66.2 Å². The monoisotopic (exact) mass is 456 g/mol. The third-order valence-electron chi connectivity index (χ3n) is 5.22. The van der Waals surface area contributed by atoms with E-state index >= 15 is 0 Å². The number of benzene rings is 3.